The quantitative estimate of drug-likeness (QED) is 0.634. The minimum Gasteiger partial charge on any atom is -0.310 e. The maximum atomic E-state index is 6.31. The summed E-state index contributed by atoms with van der Waals surface area (Å²) in [7, 11) is 0. The summed E-state index contributed by atoms with van der Waals surface area (Å²) in [6.07, 6.45) is 4.70. The highest BCUT2D eigenvalue weighted by Crippen LogP contribution is 2.29. The molecule has 0 aliphatic heterocycles. The minimum absolute atomic E-state index is 0.310. The van der Waals surface area contributed by atoms with Crippen LogP contribution in [0, 0.1) is 5.92 Å². The van der Waals surface area contributed by atoms with E-state index in [0.717, 1.165) is 40.9 Å². The molecule has 0 spiro atoms. The first-order chi connectivity index (χ1) is 9.04. The predicted octanol–water partition coefficient (Wildman–Crippen LogP) is 5.86. The molecule has 0 radical (unpaired) electrons. The van der Waals surface area contributed by atoms with Crippen LogP contribution in [-0.2, 0) is 0 Å². The second-order valence-corrected chi connectivity index (χ2v) is 6.34. The smallest absolute Gasteiger partial charge is 0.0454 e. The molecule has 1 rings (SSSR count). The Kier molecular flexibility index (Phi) is 7.82. The van der Waals surface area contributed by atoms with Crippen LogP contribution >= 0.6 is 23.2 Å². The van der Waals surface area contributed by atoms with Crippen LogP contribution in [0.4, 0.5) is 0 Å². The topological polar surface area (TPSA) is 12.0 Å². The first-order valence-electron chi connectivity index (χ1n) is 7.23. The van der Waals surface area contributed by atoms with Crippen LogP contribution in [-0.4, -0.2) is 6.54 Å². The zero-order valence-corrected chi connectivity index (χ0v) is 13.7. The molecule has 108 valence electrons. The lowest BCUT2D eigenvalue weighted by Gasteiger charge is -2.21. The average Bonchev–Trinajstić information content (AvgIpc) is 2.36. The summed E-state index contributed by atoms with van der Waals surface area (Å²) in [5.74, 6) is 0.752. The van der Waals surface area contributed by atoms with Gasteiger partial charge in [0.2, 0.25) is 0 Å². The largest absolute Gasteiger partial charge is 0.310 e. The third-order valence-corrected chi connectivity index (χ3v) is 3.83. The summed E-state index contributed by atoms with van der Waals surface area (Å²) in [6, 6.07) is 6.04. The fourth-order valence-electron chi connectivity index (χ4n) is 2.20. The Morgan fingerprint density at radius 1 is 1.16 bits per heavy atom. The third kappa shape index (κ3) is 6.16. The SMILES string of the molecule is CCCNC(CCCC(C)C)c1cc(Cl)ccc1Cl. The van der Waals surface area contributed by atoms with Crippen molar-refractivity contribution in [2.75, 3.05) is 6.54 Å². The van der Waals surface area contributed by atoms with Gasteiger partial charge < -0.3 is 5.32 Å². The molecular weight excluding hydrogens is 277 g/mol. The van der Waals surface area contributed by atoms with Crippen molar-refractivity contribution in [3.63, 3.8) is 0 Å². The van der Waals surface area contributed by atoms with E-state index in [1.807, 2.05) is 18.2 Å². The maximum Gasteiger partial charge on any atom is 0.0454 e. The van der Waals surface area contributed by atoms with Crippen LogP contribution in [0.3, 0.4) is 0 Å². The van der Waals surface area contributed by atoms with Crippen LogP contribution in [0.2, 0.25) is 10.0 Å². The van der Waals surface area contributed by atoms with Gasteiger partial charge >= 0.3 is 0 Å². The number of hydrogen-bond acceptors (Lipinski definition) is 1. The van der Waals surface area contributed by atoms with Gasteiger partial charge in [-0.2, -0.15) is 0 Å². The van der Waals surface area contributed by atoms with E-state index in [2.05, 4.69) is 26.1 Å². The summed E-state index contributed by atoms with van der Waals surface area (Å²) in [5.41, 5.74) is 1.13. The molecular formula is C16H25Cl2N. The lowest BCUT2D eigenvalue weighted by atomic mass is 9.98. The first kappa shape index (κ1) is 16.8. The lowest BCUT2D eigenvalue weighted by Crippen LogP contribution is -2.22. The molecule has 0 saturated heterocycles. The van der Waals surface area contributed by atoms with Gasteiger partial charge in [-0.15, -0.1) is 0 Å². The lowest BCUT2D eigenvalue weighted by molar-refractivity contribution is 0.448. The molecule has 1 unspecified atom stereocenters. The molecule has 0 aliphatic carbocycles. The second kappa shape index (κ2) is 8.84. The van der Waals surface area contributed by atoms with Gasteiger partial charge in [0, 0.05) is 16.1 Å². The maximum absolute atomic E-state index is 6.31. The molecule has 1 aromatic rings. The molecule has 0 saturated carbocycles. The van der Waals surface area contributed by atoms with E-state index in [4.69, 9.17) is 23.2 Å². The molecule has 0 amide bonds. The van der Waals surface area contributed by atoms with Crippen LogP contribution in [0.25, 0.3) is 0 Å². The molecule has 3 heteroatoms. The summed E-state index contributed by atoms with van der Waals surface area (Å²) < 4.78 is 0. The van der Waals surface area contributed by atoms with Crippen molar-refractivity contribution < 1.29 is 0 Å². The van der Waals surface area contributed by atoms with Gasteiger partial charge in [0.25, 0.3) is 0 Å². The average molecular weight is 302 g/mol. The van der Waals surface area contributed by atoms with Gasteiger partial charge in [-0.05, 0) is 49.1 Å². The monoisotopic (exact) mass is 301 g/mol. The second-order valence-electron chi connectivity index (χ2n) is 5.50. The number of halogens is 2. The Morgan fingerprint density at radius 2 is 1.89 bits per heavy atom. The summed E-state index contributed by atoms with van der Waals surface area (Å²) >= 11 is 12.4. The number of benzene rings is 1. The van der Waals surface area contributed by atoms with Crippen molar-refractivity contribution in [1.82, 2.24) is 5.32 Å². The molecule has 0 heterocycles. The zero-order valence-electron chi connectivity index (χ0n) is 12.2. The van der Waals surface area contributed by atoms with E-state index in [-0.39, 0.29) is 0 Å². The number of rotatable bonds is 8. The van der Waals surface area contributed by atoms with Crippen molar-refractivity contribution in [2.24, 2.45) is 5.92 Å². The Morgan fingerprint density at radius 3 is 2.53 bits per heavy atom. The third-order valence-electron chi connectivity index (χ3n) is 3.25. The summed E-state index contributed by atoms with van der Waals surface area (Å²) in [4.78, 5) is 0. The molecule has 0 bridgehead atoms. The van der Waals surface area contributed by atoms with Crippen molar-refractivity contribution in [2.45, 2.75) is 52.5 Å². The van der Waals surface area contributed by atoms with Gasteiger partial charge in [-0.1, -0.05) is 56.8 Å². The molecule has 0 fully saturated rings. The molecule has 1 aromatic carbocycles. The summed E-state index contributed by atoms with van der Waals surface area (Å²) in [5, 5.41) is 5.15. The van der Waals surface area contributed by atoms with E-state index in [0.29, 0.717) is 6.04 Å². The zero-order chi connectivity index (χ0) is 14.3. The van der Waals surface area contributed by atoms with E-state index >= 15 is 0 Å². The van der Waals surface area contributed by atoms with Crippen molar-refractivity contribution in [1.29, 1.82) is 0 Å². The molecule has 0 aromatic heterocycles. The Balaban J connectivity index is 2.73. The van der Waals surface area contributed by atoms with Gasteiger partial charge in [0.05, 0.1) is 0 Å². The van der Waals surface area contributed by atoms with E-state index in [1.165, 1.54) is 12.8 Å². The van der Waals surface area contributed by atoms with Crippen molar-refractivity contribution in [3.8, 4) is 0 Å². The molecule has 1 nitrogen and oxygen atoms in total. The minimum atomic E-state index is 0.310. The highest BCUT2D eigenvalue weighted by Gasteiger charge is 2.14. The highest BCUT2D eigenvalue weighted by atomic mass is 35.5. The fourth-order valence-corrected chi connectivity index (χ4v) is 2.63. The normalized spacial score (nSPS) is 12.9. The van der Waals surface area contributed by atoms with Crippen LogP contribution < -0.4 is 5.32 Å². The van der Waals surface area contributed by atoms with Crippen LogP contribution in [0.15, 0.2) is 18.2 Å². The first-order valence-corrected chi connectivity index (χ1v) is 7.98. The molecule has 0 aliphatic rings. The Hall–Kier alpha value is -0.240. The standard InChI is InChI=1S/C16H25Cl2N/c1-4-10-19-16(7-5-6-12(2)3)14-11-13(17)8-9-15(14)18/h8-9,11-12,16,19H,4-7,10H2,1-3H3. The van der Waals surface area contributed by atoms with Gasteiger partial charge in [-0.3, -0.25) is 0 Å². The Labute approximate surface area is 127 Å². The van der Waals surface area contributed by atoms with Gasteiger partial charge in [-0.25, -0.2) is 0 Å². The Bertz CT molecular complexity index is 377. The van der Waals surface area contributed by atoms with Gasteiger partial charge in [0.1, 0.15) is 0 Å². The number of nitrogens with one attached hydrogen (secondary N) is 1. The van der Waals surface area contributed by atoms with E-state index in [9.17, 15) is 0 Å². The molecule has 19 heavy (non-hydrogen) atoms. The van der Waals surface area contributed by atoms with Crippen LogP contribution in [0.1, 0.15) is 58.1 Å². The predicted molar refractivity (Wildman–Crippen MR) is 86.2 cm³/mol. The summed E-state index contributed by atoms with van der Waals surface area (Å²) in [6.45, 7) is 7.72. The van der Waals surface area contributed by atoms with Crippen molar-refractivity contribution in [3.05, 3.63) is 33.8 Å². The van der Waals surface area contributed by atoms with Crippen molar-refractivity contribution >= 4 is 23.2 Å². The highest BCUT2D eigenvalue weighted by molar-refractivity contribution is 6.33. The van der Waals surface area contributed by atoms with E-state index < -0.39 is 0 Å². The van der Waals surface area contributed by atoms with Crippen LogP contribution in [0.5, 0.6) is 0 Å². The fraction of sp³-hybridized carbons (Fsp3) is 0.625. The van der Waals surface area contributed by atoms with E-state index in [1.54, 1.807) is 0 Å². The molecule has 1 atom stereocenters. The molecule has 1 N–H and O–H groups in total. The number of hydrogen-bond donors (Lipinski definition) is 1. The van der Waals surface area contributed by atoms with Gasteiger partial charge in [0.15, 0.2) is 0 Å².